The standard InChI is InChI=1S/C22H29N3O2SSi.C16H15N3O2S/c1-22(2,3)29(4,5)27-17-8-6-7-16(15-17)20-23-18-9-14-28-19(18)21(24-20)25-10-12-26-13-11-25;20-12-3-1-2-11(10-12)15-17-13-4-9-22-14(13)16(18-15)19-5-7-21-8-6-19/h6-9,14-15H,10-13H2,1-5H3;1-4,9-10,20H,5-8H2. The Kier molecular flexibility index (Phi) is 10.3. The molecular weight excluding hydrogens is 697 g/mol. The van der Waals surface area contributed by atoms with E-state index in [0.717, 1.165) is 107 Å². The lowest BCUT2D eigenvalue weighted by molar-refractivity contribution is 0.122. The van der Waals surface area contributed by atoms with Crippen LogP contribution < -0.4 is 14.2 Å². The Morgan fingerprint density at radius 3 is 1.67 bits per heavy atom. The van der Waals surface area contributed by atoms with Gasteiger partial charge in [0.25, 0.3) is 0 Å². The van der Waals surface area contributed by atoms with Crippen LogP contribution in [0.1, 0.15) is 20.8 Å². The Labute approximate surface area is 307 Å². The fourth-order valence-corrected chi connectivity index (χ4v) is 8.44. The number of fused-ring (bicyclic) bond motifs is 2. The summed E-state index contributed by atoms with van der Waals surface area (Å²) in [7, 11) is -1.90. The summed E-state index contributed by atoms with van der Waals surface area (Å²) in [5.74, 6) is 4.48. The normalized spacial score (nSPS) is 15.5. The molecule has 2 saturated heterocycles. The maximum atomic E-state index is 9.69. The van der Waals surface area contributed by atoms with Crippen molar-refractivity contribution in [3.05, 3.63) is 71.4 Å². The zero-order valence-electron chi connectivity index (χ0n) is 29.8. The monoisotopic (exact) mass is 740 g/mol. The second-order valence-electron chi connectivity index (χ2n) is 14.2. The van der Waals surface area contributed by atoms with Gasteiger partial charge in [0.05, 0.1) is 46.9 Å². The van der Waals surface area contributed by atoms with Gasteiger partial charge in [0, 0.05) is 37.3 Å². The van der Waals surface area contributed by atoms with Crippen molar-refractivity contribution in [3.8, 4) is 34.3 Å². The number of aromatic hydroxyl groups is 1. The summed E-state index contributed by atoms with van der Waals surface area (Å²) in [5.41, 5.74) is 3.75. The second-order valence-corrected chi connectivity index (χ2v) is 20.7. The van der Waals surface area contributed by atoms with Gasteiger partial charge in [-0.05, 0) is 65.3 Å². The number of thiophene rings is 2. The third kappa shape index (κ3) is 7.87. The van der Waals surface area contributed by atoms with E-state index in [1.165, 1.54) is 0 Å². The van der Waals surface area contributed by atoms with Gasteiger partial charge in [-0.3, -0.25) is 0 Å². The van der Waals surface area contributed by atoms with E-state index in [4.69, 9.17) is 28.9 Å². The minimum Gasteiger partial charge on any atom is -0.543 e. The zero-order valence-corrected chi connectivity index (χ0v) is 32.4. The van der Waals surface area contributed by atoms with E-state index in [1.54, 1.807) is 40.9 Å². The molecule has 0 amide bonds. The highest BCUT2D eigenvalue weighted by Crippen LogP contribution is 2.39. The average Bonchev–Trinajstić information content (AvgIpc) is 3.81. The number of benzene rings is 2. The minimum absolute atomic E-state index is 0.151. The van der Waals surface area contributed by atoms with Gasteiger partial charge in [-0.15, -0.1) is 22.7 Å². The van der Waals surface area contributed by atoms with Gasteiger partial charge < -0.3 is 28.8 Å². The molecule has 4 aromatic heterocycles. The number of phenols is 1. The van der Waals surface area contributed by atoms with E-state index < -0.39 is 8.32 Å². The molecule has 0 radical (unpaired) electrons. The molecule has 0 atom stereocenters. The maximum absolute atomic E-state index is 9.69. The van der Waals surface area contributed by atoms with Crippen LogP contribution in [0.5, 0.6) is 11.5 Å². The summed E-state index contributed by atoms with van der Waals surface area (Å²) in [6.07, 6.45) is 0. The van der Waals surface area contributed by atoms with Crippen molar-refractivity contribution in [2.24, 2.45) is 0 Å². The lowest BCUT2D eigenvalue weighted by Crippen LogP contribution is -2.43. The van der Waals surface area contributed by atoms with Crippen LogP contribution in [-0.2, 0) is 9.47 Å². The summed E-state index contributed by atoms with van der Waals surface area (Å²) >= 11 is 3.36. The summed E-state index contributed by atoms with van der Waals surface area (Å²) in [6, 6.07) is 19.4. The van der Waals surface area contributed by atoms with E-state index in [0.29, 0.717) is 5.82 Å². The van der Waals surface area contributed by atoms with Crippen LogP contribution in [0.4, 0.5) is 11.6 Å². The van der Waals surface area contributed by atoms with Crippen LogP contribution in [-0.4, -0.2) is 86.0 Å². The molecule has 6 aromatic rings. The van der Waals surface area contributed by atoms with Gasteiger partial charge >= 0.3 is 0 Å². The van der Waals surface area contributed by atoms with Crippen LogP contribution in [0, 0.1) is 0 Å². The van der Waals surface area contributed by atoms with Crippen molar-refractivity contribution in [1.29, 1.82) is 0 Å². The molecule has 10 nitrogen and oxygen atoms in total. The molecule has 0 aliphatic carbocycles. The van der Waals surface area contributed by atoms with Crippen LogP contribution in [0.15, 0.2) is 71.4 Å². The van der Waals surface area contributed by atoms with Crippen LogP contribution in [0.3, 0.4) is 0 Å². The van der Waals surface area contributed by atoms with E-state index in [1.807, 2.05) is 29.6 Å². The summed E-state index contributed by atoms with van der Waals surface area (Å²) < 4.78 is 19.7. The predicted octanol–water partition coefficient (Wildman–Crippen LogP) is 8.48. The Hall–Kier alpha value is -4.14. The van der Waals surface area contributed by atoms with Gasteiger partial charge in [-0.2, -0.15) is 0 Å². The van der Waals surface area contributed by atoms with Gasteiger partial charge in [-0.25, -0.2) is 19.9 Å². The summed E-state index contributed by atoms with van der Waals surface area (Å²) in [5, 5.41) is 14.0. The van der Waals surface area contributed by atoms with Crippen molar-refractivity contribution >= 4 is 63.1 Å². The largest absolute Gasteiger partial charge is 0.543 e. The van der Waals surface area contributed by atoms with E-state index >= 15 is 0 Å². The first-order valence-corrected chi connectivity index (χ1v) is 22.0. The first-order valence-electron chi connectivity index (χ1n) is 17.3. The lowest BCUT2D eigenvalue weighted by atomic mass is 10.2. The predicted molar refractivity (Wildman–Crippen MR) is 211 cm³/mol. The molecule has 13 heteroatoms. The fourth-order valence-electron chi connectivity index (χ4n) is 5.72. The molecule has 1 N–H and O–H groups in total. The molecule has 51 heavy (non-hydrogen) atoms. The first-order chi connectivity index (χ1) is 24.6. The topological polar surface area (TPSA) is 106 Å². The molecule has 6 heterocycles. The highest BCUT2D eigenvalue weighted by Gasteiger charge is 2.39. The molecule has 2 aliphatic rings. The number of phenolic OH excluding ortho intramolecular Hbond substituents is 1. The smallest absolute Gasteiger partial charge is 0.250 e. The zero-order chi connectivity index (χ0) is 35.6. The minimum atomic E-state index is -1.90. The van der Waals surface area contributed by atoms with E-state index in [2.05, 4.69) is 72.2 Å². The van der Waals surface area contributed by atoms with Crippen LogP contribution in [0.2, 0.25) is 18.1 Å². The lowest BCUT2D eigenvalue weighted by Gasteiger charge is -2.36. The quantitative estimate of drug-likeness (QED) is 0.167. The number of nitrogens with zero attached hydrogens (tertiary/aromatic N) is 6. The Bertz CT molecular complexity index is 2120. The molecule has 0 unspecified atom stereocenters. The highest BCUT2D eigenvalue weighted by atomic mass is 32.1. The van der Waals surface area contributed by atoms with Gasteiger partial charge in [-0.1, -0.05) is 45.0 Å². The van der Waals surface area contributed by atoms with Crippen LogP contribution >= 0.6 is 22.7 Å². The molecule has 2 aromatic carbocycles. The molecule has 2 fully saturated rings. The second kappa shape index (κ2) is 14.8. The van der Waals surface area contributed by atoms with Crippen molar-refractivity contribution in [1.82, 2.24) is 19.9 Å². The first kappa shape index (κ1) is 35.3. The molecule has 0 bridgehead atoms. The molecule has 0 saturated carbocycles. The Morgan fingerprint density at radius 1 is 0.686 bits per heavy atom. The molecular formula is C38H44N6O4S2Si. The van der Waals surface area contributed by atoms with Gasteiger partial charge in [0.15, 0.2) is 23.3 Å². The maximum Gasteiger partial charge on any atom is 0.250 e. The van der Waals surface area contributed by atoms with Crippen molar-refractivity contribution in [2.45, 2.75) is 38.9 Å². The third-order valence-corrected chi connectivity index (χ3v) is 15.7. The third-order valence-electron chi connectivity index (χ3n) is 9.57. The molecule has 0 spiro atoms. The summed E-state index contributed by atoms with van der Waals surface area (Å²) in [4.78, 5) is 23.8. The van der Waals surface area contributed by atoms with Crippen molar-refractivity contribution < 1.29 is 19.0 Å². The van der Waals surface area contributed by atoms with Crippen LogP contribution in [0.25, 0.3) is 43.2 Å². The number of hydrogen-bond donors (Lipinski definition) is 1. The fraction of sp³-hybridized carbons (Fsp3) is 0.368. The Morgan fingerprint density at radius 2 is 1.18 bits per heavy atom. The highest BCUT2D eigenvalue weighted by molar-refractivity contribution is 7.18. The molecule has 8 rings (SSSR count). The summed E-state index contributed by atoms with van der Waals surface area (Å²) in [6.45, 7) is 17.6. The number of aromatic nitrogens is 4. The average molecular weight is 741 g/mol. The SMILES string of the molecule is CC(C)(C)[Si](C)(C)Oc1cccc(-c2nc(N3CCOCC3)c3sccc3n2)c1.Oc1cccc(-c2nc(N3CCOCC3)c3sccc3n2)c1. The number of morpholine rings is 2. The van der Waals surface area contributed by atoms with E-state index in [-0.39, 0.29) is 10.8 Å². The molecule has 266 valence electrons. The Balaban J connectivity index is 0.000000165. The number of rotatable bonds is 6. The number of hydrogen-bond acceptors (Lipinski definition) is 12. The van der Waals surface area contributed by atoms with Crippen molar-refractivity contribution in [2.75, 3.05) is 62.4 Å². The van der Waals surface area contributed by atoms with Gasteiger partial charge in [0.2, 0.25) is 8.32 Å². The van der Waals surface area contributed by atoms with Crippen molar-refractivity contribution in [3.63, 3.8) is 0 Å². The number of ether oxygens (including phenoxy) is 2. The number of anilines is 2. The van der Waals surface area contributed by atoms with E-state index in [9.17, 15) is 5.11 Å². The van der Waals surface area contributed by atoms with Gasteiger partial charge in [0.1, 0.15) is 11.5 Å². The molecule has 2 aliphatic heterocycles.